The monoisotopic (exact) mass is 256 g/mol. The summed E-state index contributed by atoms with van der Waals surface area (Å²) in [6.07, 6.45) is 2.20. The van der Waals surface area contributed by atoms with E-state index in [1.165, 1.54) is 7.11 Å². The highest BCUT2D eigenvalue weighted by molar-refractivity contribution is 5.90. The number of carbonyl (C=O) groups is 3. The summed E-state index contributed by atoms with van der Waals surface area (Å²) in [5.41, 5.74) is 0. The predicted molar refractivity (Wildman–Crippen MR) is 64.6 cm³/mol. The minimum absolute atomic E-state index is 0.0154. The molecule has 0 radical (unpaired) electrons. The first-order valence-corrected chi connectivity index (χ1v) is 6.20. The van der Waals surface area contributed by atoms with Crippen LogP contribution in [0, 0.1) is 5.92 Å². The van der Waals surface area contributed by atoms with Gasteiger partial charge in [0.1, 0.15) is 6.54 Å². The zero-order chi connectivity index (χ0) is 13.5. The van der Waals surface area contributed by atoms with Gasteiger partial charge in [0.25, 0.3) is 0 Å². The maximum atomic E-state index is 11.7. The van der Waals surface area contributed by atoms with Gasteiger partial charge in [-0.1, -0.05) is 13.3 Å². The molecule has 6 heteroatoms. The Labute approximate surface area is 107 Å². The van der Waals surface area contributed by atoms with Crippen molar-refractivity contribution in [2.45, 2.75) is 26.2 Å². The molecule has 0 aromatic rings. The lowest BCUT2D eigenvalue weighted by molar-refractivity contribution is -0.141. The highest BCUT2D eigenvalue weighted by Crippen LogP contribution is 2.18. The predicted octanol–water partition coefficient (Wildman–Crippen LogP) is -0.0758. The topological polar surface area (TPSA) is 75.7 Å². The van der Waals surface area contributed by atoms with Gasteiger partial charge in [-0.2, -0.15) is 0 Å². The summed E-state index contributed by atoms with van der Waals surface area (Å²) in [6, 6.07) is 0. The number of likely N-dealkylation sites (tertiary alicyclic amines) is 1. The molecular formula is C12H20N2O4. The molecule has 0 aromatic carbocycles. The summed E-state index contributed by atoms with van der Waals surface area (Å²) in [5, 5.41) is 2.48. The third-order valence-corrected chi connectivity index (χ3v) is 3.00. The Morgan fingerprint density at radius 1 is 1.50 bits per heavy atom. The molecule has 1 heterocycles. The Kier molecular flexibility index (Phi) is 5.61. The van der Waals surface area contributed by atoms with E-state index < -0.39 is 5.97 Å². The number of nitrogens with one attached hydrogen (secondary N) is 1. The van der Waals surface area contributed by atoms with Crippen molar-refractivity contribution in [3.05, 3.63) is 0 Å². The molecule has 1 aliphatic rings. The van der Waals surface area contributed by atoms with Gasteiger partial charge in [-0.15, -0.1) is 0 Å². The zero-order valence-electron chi connectivity index (χ0n) is 10.9. The van der Waals surface area contributed by atoms with Gasteiger partial charge in [-0.3, -0.25) is 14.4 Å². The molecule has 1 rings (SSSR count). The third kappa shape index (κ3) is 4.01. The summed E-state index contributed by atoms with van der Waals surface area (Å²) in [6.45, 7) is 3.07. The summed E-state index contributed by atoms with van der Waals surface area (Å²) in [7, 11) is 1.26. The molecule has 0 bridgehead atoms. The van der Waals surface area contributed by atoms with Crippen LogP contribution in [0.4, 0.5) is 0 Å². The largest absolute Gasteiger partial charge is 0.468 e. The maximum Gasteiger partial charge on any atom is 0.325 e. The average Bonchev–Trinajstić information content (AvgIpc) is 2.74. The molecule has 102 valence electrons. The molecule has 1 fully saturated rings. The number of ether oxygens (including phenoxy) is 1. The fourth-order valence-corrected chi connectivity index (χ4v) is 1.89. The highest BCUT2D eigenvalue weighted by Gasteiger charge is 2.33. The summed E-state index contributed by atoms with van der Waals surface area (Å²) < 4.78 is 4.43. The number of nitrogens with zero attached hydrogens (tertiary/aromatic N) is 1. The highest BCUT2D eigenvalue weighted by atomic mass is 16.5. The van der Waals surface area contributed by atoms with E-state index in [4.69, 9.17) is 0 Å². The Hall–Kier alpha value is -1.59. The first-order chi connectivity index (χ1) is 8.58. The molecule has 1 aliphatic heterocycles. The number of unbranched alkanes of at least 4 members (excludes halogenated alkanes) is 1. The second-order valence-electron chi connectivity index (χ2n) is 4.39. The van der Waals surface area contributed by atoms with Gasteiger partial charge in [-0.05, 0) is 6.42 Å². The number of hydrogen-bond acceptors (Lipinski definition) is 4. The third-order valence-electron chi connectivity index (χ3n) is 3.00. The van der Waals surface area contributed by atoms with Gasteiger partial charge in [0.15, 0.2) is 0 Å². The van der Waals surface area contributed by atoms with Crippen LogP contribution >= 0.6 is 0 Å². The molecule has 2 amide bonds. The molecule has 1 N–H and O–H groups in total. The molecule has 0 spiro atoms. The van der Waals surface area contributed by atoms with Crippen LogP contribution in [0.1, 0.15) is 26.2 Å². The Balaban J connectivity index is 2.37. The van der Waals surface area contributed by atoms with E-state index in [-0.39, 0.29) is 30.7 Å². The van der Waals surface area contributed by atoms with Crippen molar-refractivity contribution in [2.75, 3.05) is 26.7 Å². The van der Waals surface area contributed by atoms with E-state index in [1.54, 1.807) is 4.90 Å². The van der Waals surface area contributed by atoms with E-state index >= 15 is 0 Å². The van der Waals surface area contributed by atoms with Crippen LogP contribution in [-0.2, 0) is 19.1 Å². The SMILES string of the molecule is CCCCN1CC(C(=O)NCC(=O)OC)CC1=O. The number of carbonyl (C=O) groups excluding carboxylic acids is 3. The van der Waals surface area contributed by atoms with E-state index in [1.807, 2.05) is 0 Å². The molecular weight excluding hydrogens is 236 g/mol. The van der Waals surface area contributed by atoms with Crippen molar-refractivity contribution in [3.8, 4) is 0 Å². The maximum absolute atomic E-state index is 11.7. The van der Waals surface area contributed by atoms with Gasteiger partial charge in [0.2, 0.25) is 11.8 Å². The normalized spacial score (nSPS) is 18.9. The van der Waals surface area contributed by atoms with Crippen molar-refractivity contribution in [1.82, 2.24) is 10.2 Å². The number of methoxy groups -OCH3 is 1. The molecule has 1 saturated heterocycles. The molecule has 0 saturated carbocycles. The van der Waals surface area contributed by atoms with Crippen LogP contribution in [0.15, 0.2) is 0 Å². The molecule has 1 atom stereocenters. The van der Waals surface area contributed by atoms with Crippen molar-refractivity contribution in [2.24, 2.45) is 5.92 Å². The van der Waals surface area contributed by atoms with E-state index in [0.29, 0.717) is 13.1 Å². The lowest BCUT2D eigenvalue weighted by Crippen LogP contribution is -2.36. The first kappa shape index (κ1) is 14.5. The second kappa shape index (κ2) is 6.98. The van der Waals surface area contributed by atoms with Crippen LogP contribution < -0.4 is 5.32 Å². The van der Waals surface area contributed by atoms with Gasteiger partial charge in [-0.25, -0.2) is 0 Å². The molecule has 0 aromatic heterocycles. The average molecular weight is 256 g/mol. The van der Waals surface area contributed by atoms with Crippen molar-refractivity contribution in [1.29, 1.82) is 0 Å². The molecule has 1 unspecified atom stereocenters. The number of amides is 2. The Bertz CT molecular complexity index is 330. The van der Waals surface area contributed by atoms with Gasteiger partial charge < -0.3 is 15.0 Å². The standard InChI is InChI=1S/C12H20N2O4/c1-3-4-5-14-8-9(6-10(14)15)12(17)13-7-11(16)18-2/h9H,3-8H2,1-2H3,(H,13,17). The lowest BCUT2D eigenvalue weighted by atomic mass is 10.1. The van der Waals surface area contributed by atoms with Crippen LogP contribution in [0.3, 0.4) is 0 Å². The van der Waals surface area contributed by atoms with Crippen molar-refractivity contribution in [3.63, 3.8) is 0 Å². The van der Waals surface area contributed by atoms with Crippen LogP contribution in [-0.4, -0.2) is 49.4 Å². The summed E-state index contributed by atoms with van der Waals surface area (Å²) in [5.74, 6) is -1.08. The van der Waals surface area contributed by atoms with Crippen molar-refractivity contribution >= 4 is 17.8 Å². The first-order valence-electron chi connectivity index (χ1n) is 6.20. The van der Waals surface area contributed by atoms with Gasteiger partial charge in [0, 0.05) is 19.5 Å². The molecule has 0 aliphatic carbocycles. The quantitative estimate of drug-likeness (QED) is 0.675. The summed E-state index contributed by atoms with van der Waals surface area (Å²) >= 11 is 0. The Morgan fingerprint density at radius 2 is 2.22 bits per heavy atom. The lowest BCUT2D eigenvalue weighted by Gasteiger charge is -2.15. The number of hydrogen-bond donors (Lipinski definition) is 1. The Morgan fingerprint density at radius 3 is 2.83 bits per heavy atom. The molecule has 6 nitrogen and oxygen atoms in total. The van der Waals surface area contributed by atoms with Gasteiger partial charge in [0.05, 0.1) is 13.0 Å². The zero-order valence-corrected chi connectivity index (χ0v) is 10.9. The minimum Gasteiger partial charge on any atom is -0.468 e. The fraction of sp³-hybridized carbons (Fsp3) is 0.750. The van der Waals surface area contributed by atoms with Crippen LogP contribution in [0.5, 0.6) is 0 Å². The van der Waals surface area contributed by atoms with Crippen LogP contribution in [0.2, 0.25) is 0 Å². The van der Waals surface area contributed by atoms with E-state index in [0.717, 1.165) is 12.8 Å². The van der Waals surface area contributed by atoms with Crippen LogP contribution in [0.25, 0.3) is 0 Å². The summed E-state index contributed by atoms with van der Waals surface area (Å²) in [4.78, 5) is 36.0. The van der Waals surface area contributed by atoms with Crippen molar-refractivity contribution < 1.29 is 19.1 Å². The number of rotatable bonds is 6. The smallest absolute Gasteiger partial charge is 0.325 e. The van der Waals surface area contributed by atoms with E-state index in [9.17, 15) is 14.4 Å². The van der Waals surface area contributed by atoms with E-state index in [2.05, 4.69) is 17.0 Å². The molecule has 18 heavy (non-hydrogen) atoms. The second-order valence-corrected chi connectivity index (χ2v) is 4.39. The number of esters is 1. The van der Waals surface area contributed by atoms with Gasteiger partial charge >= 0.3 is 5.97 Å². The fourth-order valence-electron chi connectivity index (χ4n) is 1.89. The minimum atomic E-state index is -0.490.